The van der Waals surface area contributed by atoms with E-state index < -0.39 is 23.9 Å². The molecule has 0 aromatic carbocycles. The summed E-state index contributed by atoms with van der Waals surface area (Å²) in [6.45, 7) is 5.80. The molecule has 26 heavy (non-hydrogen) atoms. The first kappa shape index (κ1) is 31.9. The van der Waals surface area contributed by atoms with Crippen LogP contribution in [0.2, 0.25) is 0 Å². The normalized spacial score (nSPS) is 10.2. The molecule has 6 N–H and O–H groups in total. The maximum absolute atomic E-state index is 8.56. The van der Waals surface area contributed by atoms with E-state index in [1.807, 2.05) is 0 Å². The predicted molar refractivity (Wildman–Crippen MR) is 75.3 cm³/mol. The Balaban J connectivity index is -0.000000134. The molecule has 0 bridgehead atoms. The topological polar surface area (TPSA) is 229 Å². The van der Waals surface area contributed by atoms with Gasteiger partial charge < -0.3 is 20.4 Å². The Kier molecular flexibility index (Phi) is 23.9. The van der Waals surface area contributed by atoms with Crippen LogP contribution in [-0.2, 0) is 39.4 Å². The first-order chi connectivity index (χ1) is 11.7. The Morgan fingerprint density at radius 3 is 0.962 bits per heavy atom. The summed E-state index contributed by atoms with van der Waals surface area (Å²) in [6.07, 6.45) is -3.67. The fourth-order valence-corrected chi connectivity index (χ4v) is 0.262. The van der Waals surface area contributed by atoms with Crippen LogP contribution in [0.4, 0.5) is 9.59 Å². The molecule has 16 nitrogen and oxygen atoms in total. The van der Waals surface area contributed by atoms with Gasteiger partial charge >= 0.3 is 12.3 Å². The van der Waals surface area contributed by atoms with Crippen LogP contribution in [0.25, 0.3) is 0 Å². The van der Waals surface area contributed by atoms with Crippen LogP contribution in [0, 0.1) is 0 Å². The molecule has 16 heteroatoms. The van der Waals surface area contributed by atoms with Crippen molar-refractivity contribution in [2.24, 2.45) is 0 Å². The quantitative estimate of drug-likeness (QED) is 0.194. The minimum atomic E-state index is -1.83. The van der Waals surface area contributed by atoms with Crippen LogP contribution in [-0.4, -0.2) is 69.0 Å². The molecule has 0 heterocycles. The van der Waals surface area contributed by atoms with Crippen LogP contribution >= 0.6 is 0 Å². The molecular weight excluding hydrogens is 376 g/mol. The highest BCUT2D eigenvalue weighted by Crippen LogP contribution is 2.09. The van der Waals surface area contributed by atoms with Crippen molar-refractivity contribution in [3.63, 3.8) is 0 Å². The molecule has 0 aromatic heterocycles. The lowest BCUT2D eigenvalue weighted by molar-refractivity contribution is -0.586. The molecule has 0 rings (SSSR count). The summed E-state index contributed by atoms with van der Waals surface area (Å²) in [7, 11) is 2.54. The molecular formula is C10H24O16. The Hall–Kier alpha value is -1.86. The second-order valence-corrected chi connectivity index (χ2v) is 4.18. The lowest BCUT2D eigenvalue weighted by atomic mass is 10.4. The van der Waals surface area contributed by atoms with E-state index in [1.54, 1.807) is 0 Å². The van der Waals surface area contributed by atoms with Crippen molar-refractivity contribution in [2.45, 2.75) is 39.3 Å². The molecule has 0 spiro atoms. The van der Waals surface area contributed by atoms with Crippen molar-refractivity contribution < 1.29 is 79.9 Å². The number of carboxylic acid groups (broad SMARTS) is 4. The highest BCUT2D eigenvalue weighted by atomic mass is 17.5. The predicted octanol–water partition coefficient (Wildman–Crippen LogP) is 1.89. The van der Waals surface area contributed by atoms with Crippen LogP contribution in [0.15, 0.2) is 0 Å². The highest BCUT2D eigenvalue weighted by molar-refractivity contribution is 5.53. The van der Waals surface area contributed by atoms with Gasteiger partial charge in [0, 0.05) is 0 Å². The Morgan fingerprint density at radius 1 is 0.654 bits per heavy atom. The standard InChI is InChI=1S/2C4H10O5.2CH2O3/c2*1-4(2,7-5)8-9-6-3;2*2-1(3)4/h2*5H,1-3H3;2*(H2,2,3,4). The third-order valence-corrected chi connectivity index (χ3v) is 1.05. The van der Waals surface area contributed by atoms with E-state index in [-0.39, 0.29) is 0 Å². The lowest BCUT2D eigenvalue weighted by Crippen LogP contribution is -2.26. The zero-order valence-corrected chi connectivity index (χ0v) is 14.8. The minimum Gasteiger partial charge on any atom is -0.450 e. The van der Waals surface area contributed by atoms with E-state index in [1.165, 1.54) is 41.9 Å². The highest BCUT2D eigenvalue weighted by Gasteiger charge is 2.21. The summed E-state index contributed by atoms with van der Waals surface area (Å²) >= 11 is 0. The summed E-state index contributed by atoms with van der Waals surface area (Å²) < 4.78 is 0. The van der Waals surface area contributed by atoms with Crippen molar-refractivity contribution in [1.82, 2.24) is 0 Å². The first-order valence-electron chi connectivity index (χ1n) is 5.97. The van der Waals surface area contributed by atoms with E-state index >= 15 is 0 Å². The Bertz CT molecular complexity index is 289. The van der Waals surface area contributed by atoms with Crippen molar-refractivity contribution in [3.05, 3.63) is 0 Å². The second-order valence-electron chi connectivity index (χ2n) is 4.18. The molecule has 0 unspecified atom stereocenters. The minimum absolute atomic E-state index is 1.20. The molecule has 160 valence electrons. The van der Waals surface area contributed by atoms with Gasteiger partial charge in [-0.05, 0) is 27.7 Å². The molecule has 0 aliphatic heterocycles. The van der Waals surface area contributed by atoms with Crippen molar-refractivity contribution >= 4 is 12.3 Å². The molecule has 0 aliphatic carbocycles. The van der Waals surface area contributed by atoms with Gasteiger partial charge in [0.25, 0.3) is 0 Å². The van der Waals surface area contributed by atoms with E-state index in [0.29, 0.717) is 0 Å². The lowest BCUT2D eigenvalue weighted by Gasteiger charge is -2.16. The van der Waals surface area contributed by atoms with E-state index in [0.717, 1.165) is 0 Å². The molecule has 0 amide bonds. The molecule has 0 fully saturated rings. The molecule has 0 saturated heterocycles. The summed E-state index contributed by atoms with van der Waals surface area (Å²) in [5, 5.41) is 52.0. The fraction of sp³-hybridized carbons (Fsp3) is 0.800. The van der Waals surface area contributed by atoms with Crippen LogP contribution < -0.4 is 0 Å². The number of rotatable bonds is 8. The summed E-state index contributed by atoms with van der Waals surface area (Å²) in [4.78, 5) is 41.5. The Morgan fingerprint density at radius 2 is 0.846 bits per heavy atom. The van der Waals surface area contributed by atoms with Gasteiger partial charge in [0.15, 0.2) is 0 Å². The van der Waals surface area contributed by atoms with Gasteiger partial charge in [0.05, 0.1) is 14.2 Å². The molecule has 0 radical (unpaired) electrons. The summed E-state index contributed by atoms with van der Waals surface area (Å²) in [5.41, 5.74) is 0. The van der Waals surface area contributed by atoms with Crippen molar-refractivity contribution in [2.75, 3.05) is 14.2 Å². The number of carbonyl (C=O) groups is 2. The van der Waals surface area contributed by atoms with Gasteiger partial charge in [-0.3, -0.25) is 0 Å². The third-order valence-electron chi connectivity index (χ3n) is 1.05. The SMILES string of the molecule is COOOC(C)(C)OO.COOOC(C)(C)OO.O=C(O)O.O=C(O)O. The largest absolute Gasteiger partial charge is 0.503 e. The van der Waals surface area contributed by atoms with Gasteiger partial charge in [-0.1, -0.05) is 10.1 Å². The fourth-order valence-electron chi connectivity index (χ4n) is 0.262. The summed E-state index contributed by atoms with van der Waals surface area (Å²) in [5.74, 6) is -2.40. The van der Waals surface area contributed by atoms with Crippen molar-refractivity contribution in [1.29, 1.82) is 0 Å². The first-order valence-corrected chi connectivity index (χ1v) is 5.97. The molecule has 0 saturated carbocycles. The number of hydrogen-bond donors (Lipinski definition) is 6. The van der Waals surface area contributed by atoms with Gasteiger partial charge in [-0.15, -0.1) is 0 Å². The van der Waals surface area contributed by atoms with Crippen molar-refractivity contribution in [3.8, 4) is 0 Å². The smallest absolute Gasteiger partial charge is 0.450 e. The zero-order chi connectivity index (χ0) is 21.8. The second kappa shape index (κ2) is 19.5. The molecule has 0 aliphatic rings. The maximum atomic E-state index is 8.56. The Labute approximate surface area is 147 Å². The number of hydrogen-bond acceptors (Lipinski definition) is 12. The monoisotopic (exact) mass is 400 g/mol. The van der Waals surface area contributed by atoms with Crippen LogP contribution in [0.5, 0.6) is 0 Å². The van der Waals surface area contributed by atoms with E-state index in [9.17, 15) is 0 Å². The molecule has 0 atom stereocenters. The van der Waals surface area contributed by atoms with Gasteiger partial charge in [0.2, 0.25) is 11.6 Å². The van der Waals surface area contributed by atoms with Gasteiger partial charge in [0.1, 0.15) is 0 Å². The van der Waals surface area contributed by atoms with Gasteiger partial charge in [-0.2, -0.15) is 9.78 Å². The average Bonchev–Trinajstić information content (AvgIpc) is 2.51. The van der Waals surface area contributed by atoms with Gasteiger partial charge in [-0.25, -0.2) is 39.7 Å². The average molecular weight is 400 g/mol. The third kappa shape index (κ3) is 49.5. The maximum Gasteiger partial charge on any atom is 0.503 e. The van der Waals surface area contributed by atoms with Crippen LogP contribution in [0.1, 0.15) is 27.7 Å². The molecule has 0 aromatic rings. The van der Waals surface area contributed by atoms with E-state index in [4.69, 9.17) is 40.5 Å². The van der Waals surface area contributed by atoms with Crippen LogP contribution in [0.3, 0.4) is 0 Å². The zero-order valence-electron chi connectivity index (χ0n) is 14.8. The van der Waals surface area contributed by atoms with E-state index in [2.05, 4.69) is 39.4 Å². The summed E-state index contributed by atoms with van der Waals surface area (Å²) in [6, 6.07) is 0.